The van der Waals surface area contributed by atoms with Gasteiger partial charge < -0.3 is 11.1 Å². The first kappa shape index (κ1) is 12.5. The van der Waals surface area contributed by atoms with Crippen molar-refractivity contribution in [3.8, 4) is 0 Å². The molecule has 3 N–H and O–H groups in total. The van der Waals surface area contributed by atoms with E-state index in [1.807, 2.05) is 6.92 Å². The highest BCUT2D eigenvalue weighted by atomic mass is 16.1. The largest absolute Gasteiger partial charge is 0.368 e. The van der Waals surface area contributed by atoms with Crippen LogP contribution in [-0.2, 0) is 4.79 Å². The molecule has 0 radical (unpaired) electrons. The Kier molecular flexibility index (Phi) is 5.09. The minimum Gasteiger partial charge on any atom is -0.368 e. The number of nitrogens with two attached hydrogens (primary N) is 1. The summed E-state index contributed by atoms with van der Waals surface area (Å²) in [5, 5.41) is 3.43. The minimum absolute atomic E-state index is 0.137. The van der Waals surface area contributed by atoms with Crippen LogP contribution >= 0.6 is 0 Å². The molecule has 0 bridgehead atoms. The van der Waals surface area contributed by atoms with Gasteiger partial charge in [-0.2, -0.15) is 0 Å². The van der Waals surface area contributed by atoms with Gasteiger partial charge in [-0.25, -0.2) is 0 Å². The zero-order valence-electron chi connectivity index (χ0n) is 9.96. The number of rotatable bonds is 5. The summed E-state index contributed by atoms with van der Waals surface area (Å²) in [7, 11) is 0. The monoisotopic (exact) mass is 212 g/mol. The average Bonchev–Trinajstić information content (AvgIpc) is 2.25. The quantitative estimate of drug-likeness (QED) is 0.730. The zero-order chi connectivity index (χ0) is 11.3. The summed E-state index contributed by atoms with van der Waals surface area (Å²) in [4.78, 5) is 11.2. The molecule has 0 aromatic carbocycles. The minimum atomic E-state index is -0.210. The number of hydrogen-bond donors (Lipinski definition) is 2. The normalized spacial score (nSPS) is 28.7. The smallest absolute Gasteiger partial charge is 0.234 e. The van der Waals surface area contributed by atoms with Crippen molar-refractivity contribution >= 4 is 5.91 Å². The van der Waals surface area contributed by atoms with Crippen LogP contribution in [0.1, 0.15) is 52.4 Å². The number of hydrogen-bond acceptors (Lipinski definition) is 2. The lowest BCUT2D eigenvalue weighted by molar-refractivity contribution is -0.120. The van der Waals surface area contributed by atoms with Crippen molar-refractivity contribution in [2.75, 3.05) is 0 Å². The summed E-state index contributed by atoms with van der Waals surface area (Å²) in [6.07, 6.45) is 7.11. The van der Waals surface area contributed by atoms with Crippen molar-refractivity contribution in [3.05, 3.63) is 0 Å². The molecule has 3 heteroatoms. The van der Waals surface area contributed by atoms with Crippen molar-refractivity contribution in [2.45, 2.75) is 64.5 Å². The molecule has 3 unspecified atom stereocenters. The number of carbonyl (C=O) groups excluding carboxylic acids is 1. The molecule has 1 aliphatic rings. The first-order valence-electron chi connectivity index (χ1n) is 6.24. The van der Waals surface area contributed by atoms with Gasteiger partial charge in [-0.05, 0) is 25.2 Å². The van der Waals surface area contributed by atoms with E-state index < -0.39 is 0 Å². The molecule has 0 heterocycles. The molecule has 0 spiro atoms. The van der Waals surface area contributed by atoms with Crippen LogP contribution in [0.15, 0.2) is 0 Å². The van der Waals surface area contributed by atoms with Gasteiger partial charge in [0.2, 0.25) is 5.91 Å². The summed E-state index contributed by atoms with van der Waals surface area (Å²) >= 11 is 0. The standard InChI is InChI=1S/C12H24N2O/c1-3-9-7-5-6-8-11(9)14-10(4-2)12(13)15/h9-11,14H,3-8H2,1-2H3,(H2,13,15). The van der Waals surface area contributed by atoms with Crippen LogP contribution in [0, 0.1) is 5.92 Å². The SMILES string of the molecule is CCC(NC1CCCCC1CC)C(N)=O. The van der Waals surface area contributed by atoms with E-state index in [1.54, 1.807) is 0 Å². The molecule has 0 aromatic heterocycles. The van der Waals surface area contributed by atoms with E-state index in [4.69, 9.17) is 5.73 Å². The Labute approximate surface area is 92.8 Å². The summed E-state index contributed by atoms with van der Waals surface area (Å²) < 4.78 is 0. The number of nitrogens with one attached hydrogen (secondary N) is 1. The molecular weight excluding hydrogens is 188 g/mol. The van der Waals surface area contributed by atoms with Crippen LogP contribution < -0.4 is 11.1 Å². The Hall–Kier alpha value is -0.570. The molecule has 3 nitrogen and oxygen atoms in total. The second-order valence-electron chi connectivity index (χ2n) is 4.59. The molecule has 1 saturated carbocycles. The molecule has 1 amide bonds. The van der Waals surface area contributed by atoms with Crippen LogP contribution in [0.25, 0.3) is 0 Å². The average molecular weight is 212 g/mol. The number of amides is 1. The maximum absolute atomic E-state index is 11.2. The van der Waals surface area contributed by atoms with Crippen LogP contribution in [0.3, 0.4) is 0 Å². The van der Waals surface area contributed by atoms with Crippen LogP contribution in [0.2, 0.25) is 0 Å². The fourth-order valence-corrected chi connectivity index (χ4v) is 2.58. The van der Waals surface area contributed by atoms with E-state index in [2.05, 4.69) is 12.2 Å². The molecule has 0 aliphatic heterocycles. The number of primary amides is 1. The van der Waals surface area contributed by atoms with Gasteiger partial charge in [0, 0.05) is 6.04 Å². The number of carbonyl (C=O) groups is 1. The third-order valence-corrected chi connectivity index (χ3v) is 3.60. The van der Waals surface area contributed by atoms with Gasteiger partial charge in [0.1, 0.15) is 0 Å². The van der Waals surface area contributed by atoms with Gasteiger partial charge in [-0.3, -0.25) is 4.79 Å². The third kappa shape index (κ3) is 3.49. The predicted octanol–water partition coefficient (Wildman–Crippen LogP) is 1.81. The Morgan fingerprint density at radius 2 is 2.07 bits per heavy atom. The topological polar surface area (TPSA) is 55.1 Å². The molecule has 0 aromatic rings. The molecule has 88 valence electrons. The Morgan fingerprint density at radius 1 is 1.40 bits per heavy atom. The lowest BCUT2D eigenvalue weighted by atomic mass is 9.82. The van der Waals surface area contributed by atoms with Crippen LogP contribution in [-0.4, -0.2) is 18.0 Å². The van der Waals surface area contributed by atoms with Crippen molar-refractivity contribution in [1.82, 2.24) is 5.32 Å². The predicted molar refractivity (Wildman–Crippen MR) is 62.4 cm³/mol. The van der Waals surface area contributed by atoms with Gasteiger partial charge in [0.15, 0.2) is 0 Å². The maximum Gasteiger partial charge on any atom is 0.234 e. The molecule has 3 atom stereocenters. The molecule has 1 aliphatic carbocycles. The zero-order valence-corrected chi connectivity index (χ0v) is 9.96. The molecule has 1 fully saturated rings. The lowest BCUT2D eigenvalue weighted by Gasteiger charge is -2.33. The fourth-order valence-electron chi connectivity index (χ4n) is 2.58. The van der Waals surface area contributed by atoms with E-state index in [1.165, 1.54) is 32.1 Å². The molecular formula is C12H24N2O. The maximum atomic E-state index is 11.2. The highest BCUT2D eigenvalue weighted by Gasteiger charge is 2.26. The van der Waals surface area contributed by atoms with Gasteiger partial charge >= 0.3 is 0 Å². The van der Waals surface area contributed by atoms with E-state index in [0.717, 1.165) is 12.3 Å². The van der Waals surface area contributed by atoms with E-state index in [9.17, 15) is 4.79 Å². The van der Waals surface area contributed by atoms with E-state index >= 15 is 0 Å². The molecule has 0 saturated heterocycles. The summed E-state index contributed by atoms with van der Waals surface area (Å²) in [6.45, 7) is 4.24. The van der Waals surface area contributed by atoms with Gasteiger partial charge in [0.05, 0.1) is 6.04 Å². The first-order valence-corrected chi connectivity index (χ1v) is 6.24. The Balaban J connectivity index is 2.49. The summed E-state index contributed by atoms with van der Waals surface area (Å²) in [6, 6.07) is 0.364. The van der Waals surface area contributed by atoms with E-state index in [0.29, 0.717) is 6.04 Å². The second kappa shape index (κ2) is 6.11. The van der Waals surface area contributed by atoms with Gasteiger partial charge in [0.25, 0.3) is 0 Å². The van der Waals surface area contributed by atoms with Crippen LogP contribution in [0.4, 0.5) is 0 Å². The summed E-state index contributed by atoms with van der Waals surface area (Å²) in [5.74, 6) is 0.519. The lowest BCUT2D eigenvalue weighted by Crippen LogP contribution is -2.49. The fraction of sp³-hybridized carbons (Fsp3) is 0.917. The first-order chi connectivity index (χ1) is 7.19. The highest BCUT2D eigenvalue weighted by Crippen LogP contribution is 2.27. The van der Waals surface area contributed by atoms with Crippen LogP contribution in [0.5, 0.6) is 0 Å². The van der Waals surface area contributed by atoms with Crippen molar-refractivity contribution in [1.29, 1.82) is 0 Å². The van der Waals surface area contributed by atoms with Crippen molar-refractivity contribution < 1.29 is 4.79 Å². The molecule has 1 rings (SSSR count). The summed E-state index contributed by atoms with van der Waals surface area (Å²) in [5.41, 5.74) is 5.35. The van der Waals surface area contributed by atoms with Crippen molar-refractivity contribution in [3.63, 3.8) is 0 Å². The van der Waals surface area contributed by atoms with E-state index in [-0.39, 0.29) is 11.9 Å². The third-order valence-electron chi connectivity index (χ3n) is 3.60. The van der Waals surface area contributed by atoms with Gasteiger partial charge in [-0.15, -0.1) is 0 Å². The second-order valence-corrected chi connectivity index (χ2v) is 4.59. The highest BCUT2D eigenvalue weighted by molar-refractivity contribution is 5.79. The van der Waals surface area contributed by atoms with Gasteiger partial charge in [-0.1, -0.05) is 33.1 Å². The molecule has 15 heavy (non-hydrogen) atoms. The Bertz CT molecular complexity index is 206. The van der Waals surface area contributed by atoms with Crippen molar-refractivity contribution in [2.24, 2.45) is 11.7 Å². The Morgan fingerprint density at radius 3 is 2.60 bits per heavy atom.